The van der Waals surface area contributed by atoms with Gasteiger partial charge in [0, 0.05) is 44.0 Å². The molecule has 1 spiro atoms. The number of nitrogens with zero attached hydrogens (tertiary/aromatic N) is 2. The zero-order valence-corrected chi connectivity index (χ0v) is 21.0. The lowest BCUT2D eigenvalue weighted by Gasteiger charge is -2.53. The van der Waals surface area contributed by atoms with Crippen LogP contribution in [0.1, 0.15) is 29.5 Å². The van der Waals surface area contributed by atoms with Gasteiger partial charge in [0.1, 0.15) is 19.0 Å². The van der Waals surface area contributed by atoms with Crippen molar-refractivity contribution < 1.29 is 14.3 Å². The van der Waals surface area contributed by atoms with Crippen molar-refractivity contribution in [1.29, 1.82) is 0 Å². The average Bonchev–Trinajstić information content (AvgIpc) is 2.90. The van der Waals surface area contributed by atoms with Crippen LogP contribution in [0.5, 0.6) is 5.75 Å². The number of likely N-dealkylation sites (tertiary alicyclic amines) is 1. The van der Waals surface area contributed by atoms with E-state index in [0.717, 1.165) is 41.1 Å². The van der Waals surface area contributed by atoms with Crippen molar-refractivity contribution in [3.05, 3.63) is 83.4 Å². The number of hydrogen-bond donors (Lipinski definition) is 1. The van der Waals surface area contributed by atoms with Gasteiger partial charge in [-0.2, -0.15) is 0 Å². The molecular weight excluding hydrogens is 450 g/mol. The lowest BCUT2D eigenvalue weighted by Crippen LogP contribution is -2.58. The molecule has 0 aliphatic carbocycles. The Bertz CT molecular complexity index is 1200. The number of carbonyl (C=O) groups is 1. The normalized spacial score (nSPS) is 17.0. The second-order valence-corrected chi connectivity index (χ2v) is 10.3. The molecule has 2 aliphatic heterocycles. The fourth-order valence-corrected chi connectivity index (χ4v) is 5.69. The van der Waals surface area contributed by atoms with Crippen LogP contribution in [0.2, 0.25) is 0 Å². The molecule has 0 radical (unpaired) electrons. The van der Waals surface area contributed by atoms with Gasteiger partial charge in [0.05, 0.1) is 0 Å². The number of anilines is 1. The van der Waals surface area contributed by atoms with Gasteiger partial charge >= 0.3 is 0 Å². The van der Waals surface area contributed by atoms with Gasteiger partial charge in [-0.1, -0.05) is 36.4 Å². The predicted octanol–water partition coefficient (Wildman–Crippen LogP) is 4.60. The van der Waals surface area contributed by atoms with Gasteiger partial charge in [0.25, 0.3) is 6.47 Å². The number of piperidine rings is 1. The summed E-state index contributed by atoms with van der Waals surface area (Å²) in [6.45, 7) is 6.20. The van der Waals surface area contributed by atoms with Crippen molar-refractivity contribution in [1.82, 2.24) is 4.90 Å². The Morgan fingerprint density at radius 1 is 0.917 bits per heavy atom. The molecule has 3 aromatic rings. The van der Waals surface area contributed by atoms with Crippen molar-refractivity contribution in [2.24, 2.45) is 11.1 Å². The largest absolute Gasteiger partial charge is 0.488 e. The zero-order valence-electron chi connectivity index (χ0n) is 21.0. The third-order valence-corrected chi connectivity index (χ3v) is 7.55. The molecular formula is C30H35N3O3. The van der Waals surface area contributed by atoms with Crippen LogP contribution in [0.15, 0.2) is 66.7 Å². The van der Waals surface area contributed by atoms with Crippen molar-refractivity contribution in [3.8, 4) is 16.9 Å². The zero-order chi connectivity index (χ0) is 25.0. The summed E-state index contributed by atoms with van der Waals surface area (Å²) in [6.07, 6.45) is 2.47. The summed E-state index contributed by atoms with van der Waals surface area (Å²) in [5.41, 5.74) is 13.1. The quantitative estimate of drug-likeness (QED) is 0.447. The van der Waals surface area contributed by atoms with Gasteiger partial charge in [0.15, 0.2) is 0 Å². The van der Waals surface area contributed by atoms with Gasteiger partial charge < -0.3 is 25.0 Å². The third-order valence-electron chi connectivity index (χ3n) is 7.55. The molecule has 0 atom stereocenters. The SMILES string of the molecule is CN1CC2(CCN(c3cc(COc4ccccc4COC=O)cc(-c4cccc(CN)c4)c3)CC2)C1. The van der Waals surface area contributed by atoms with Crippen molar-refractivity contribution >= 4 is 12.2 Å². The highest BCUT2D eigenvalue weighted by molar-refractivity contribution is 5.70. The summed E-state index contributed by atoms with van der Waals surface area (Å²) in [7, 11) is 2.21. The number of carbonyl (C=O) groups excluding carboxylic acids is 1. The van der Waals surface area contributed by atoms with E-state index in [0.29, 0.717) is 25.0 Å². The molecule has 2 N–H and O–H groups in total. The summed E-state index contributed by atoms with van der Waals surface area (Å²) >= 11 is 0. The minimum absolute atomic E-state index is 0.196. The molecule has 3 aromatic carbocycles. The Kier molecular flexibility index (Phi) is 7.25. The minimum Gasteiger partial charge on any atom is -0.488 e. The Hall–Kier alpha value is -3.35. The standard InChI is InChI=1S/C30H35N3O3/c1-32-20-30(21-32)9-11-33(12-10-30)28-15-24(14-27(16-28)25-7-4-5-23(13-25)17-31)18-36-29-8-3-2-6-26(29)19-35-22-34/h2-8,13-16,22H,9-12,17-21,31H2,1H3. The van der Waals surface area contributed by atoms with Crippen LogP contribution < -0.4 is 15.4 Å². The molecule has 0 amide bonds. The molecule has 2 heterocycles. The second kappa shape index (κ2) is 10.7. The second-order valence-electron chi connectivity index (χ2n) is 10.3. The monoisotopic (exact) mass is 485 g/mol. The minimum atomic E-state index is 0.196. The maximum Gasteiger partial charge on any atom is 0.293 e. The highest BCUT2D eigenvalue weighted by Crippen LogP contribution is 2.41. The molecule has 2 saturated heterocycles. The molecule has 2 fully saturated rings. The van der Waals surface area contributed by atoms with Crippen LogP contribution in [0.3, 0.4) is 0 Å². The summed E-state index contributed by atoms with van der Waals surface area (Å²) in [5.74, 6) is 0.727. The van der Waals surface area contributed by atoms with E-state index < -0.39 is 0 Å². The number of ether oxygens (including phenoxy) is 2. The van der Waals surface area contributed by atoms with Crippen LogP contribution >= 0.6 is 0 Å². The molecule has 2 aliphatic rings. The molecule has 0 saturated carbocycles. The Morgan fingerprint density at radius 2 is 1.69 bits per heavy atom. The lowest BCUT2D eigenvalue weighted by molar-refractivity contribution is -0.129. The number of benzene rings is 3. The van der Waals surface area contributed by atoms with Crippen molar-refractivity contribution in [2.45, 2.75) is 32.6 Å². The van der Waals surface area contributed by atoms with Crippen LogP contribution in [0, 0.1) is 5.41 Å². The van der Waals surface area contributed by atoms with Gasteiger partial charge in [-0.05, 0) is 77.9 Å². The Balaban J connectivity index is 1.40. The maximum atomic E-state index is 10.7. The first-order chi connectivity index (χ1) is 17.6. The molecule has 6 nitrogen and oxygen atoms in total. The maximum absolute atomic E-state index is 10.7. The molecule has 0 aromatic heterocycles. The first-order valence-electron chi connectivity index (χ1n) is 12.7. The van der Waals surface area contributed by atoms with Crippen LogP contribution in [-0.4, -0.2) is 44.6 Å². The van der Waals surface area contributed by atoms with Gasteiger partial charge in [-0.25, -0.2) is 0 Å². The van der Waals surface area contributed by atoms with E-state index in [9.17, 15) is 4.79 Å². The van der Waals surface area contributed by atoms with Crippen molar-refractivity contribution in [3.63, 3.8) is 0 Å². The van der Waals surface area contributed by atoms with Gasteiger partial charge in [-0.15, -0.1) is 0 Å². The molecule has 6 heteroatoms. The van der Waals surface area contributed by atoms with E-state index in [1.807, 2.05) is 24.3 Å². The van der Waals surface area contributed by atoms with Crippen molar-refractivity contribution in [2.75, 3.05) is 38.1 Å². The number of para-hydroxylation sites is 1. The van der Waals surface area contributed by atoms with E-state index in [1.54, 1.807) is 0 Å². The fourth-order valence-electron chi connectivity index (χ4n) is 5.69. The van der Waals surface area contributed by atoms with Crippen LogP contribution in [0.25, 0.3) is 11.1 Å². The summed E-state index contributed by atoms with van der Waals surface area (Å²) < 4.78 is 11.2. The summed E-state index contributed by atoms with van der Waals surface area (Å²) in [4.78, 5) is 15.6. The predicted molar refractivity (Wildman–Crippen MR) is 143 cm³/mol. The van der Waals surface area contributed by atoms with E-state index in [1.165, 1.54) is 37.2 Å². The lowest BCUT2D eigenvalue weighted by atomic mass is 9.72. The van der Waals surface area contributed by atoms with E-state index >= 15 is 0 Å². The number of nitrogens with two attached hydrogens (primary N) is 1. The number of rotatable bonds is 9. The third kappa shape index (κ3) is 5.40. The smallest absolute Gasteiger partial charge is 0.293 e. The summed E-state index contributed by atoms with van der Waals surface area (Å²) in [6, 6.07) is 22.9. The van der Waals surface area contributed by atoms with Crippen LogP contribution in [-0.2, 0) is 29.3 Å². The highest BCUT2D eigenvalue weighted by atomic mass is 16.5. The van der Waals surface area contributed by atoms with E-state index in [4.69, 9.17) is 15.2 Å². The number of hydrogen-bond acceptors (Lipinski definition) is 6. The van der Waals surface area contributed by atoms with E-state index in [2.05, 4.69) is 59.3 Å². The molecule has 0 unspecified atom stereocenters. The highest BCUT2D eigenvalue weighted by Gasteiger charge is 2.43. The fraction of sp³-hybridized carbons (Fsp3) is 0.367. The van der Waals surface area contributed by atoms with E-state index in [-0.39, 0.29) is 6.61 Å². The van der Waals surface area contributed by atoms with Gasteiger partial charge in [-0.3, -0.25) is 4.79 Å². The Labute approximate surface area is 213 Å². The topological polar surface area (TPSA) is 68.0 Å². The first kappa shape index (κ1) is 24.3. The van der Waals surface area contributed by atoms with Crippen LogP contribution in [0.4, 0.5) is 5.69 Å². The van der Waals surface area contributed by atoms with Gasteiger partial charge in [0.2, 0.25) is 0 Å². The first-order valence-corrected chi connectivity index (χ1v) is 12.7. The molecule has 5 rings (SSSR count). The molecule has 36 heavy (non-hydrogen) atoms. The Morgan fingerprint density at radius 3 is 2.44 bits per heavy atom. The molecule has 188 valence electrons. The summed E-state index contributed by atoms with van der Waals surface area (Å²) in [5, 5.41) is 0. The average molecular weight is 486 g/mol. The molecule has 0 bridgehead atoms.